The number of aliphatic hydroxyl groups is 1. The molecule has 0 fully saturated rings. The first-order valence-corrected chi connectivity index (χ1v) is 10.1. The van der Waals surface area contributed by atoms with Crippen LogP contribution in [0.2, 0.25) is 5.21 Å². The van der Waals surface area contributed by atoms with Gasteiger partial charge in [0.25, 0.3) is 0 Å². The van der Waals surface area contributed by atoms with Gasteiger partial charge in [-0.05, 0) is 0 Å². The molecule has 6 nitrogen and oxygen atoms in total. The normalized spacial score (nSPS) is 11.6. The first-order chi connectivity index (χ1) is 11.7. The molecule has 0 aliphatic carbocycles. The Balaban J connectivity index is 2.35. The summed E-state index contributed by atoms with van der Waals surface area (Å²) in [5, 5.41) is 23.0. The van der Waals surface area contributed by atoms with Gasteiger partial charge in [0.1, 0.15) is 0 Å². The van der Waals surface area contributed by atoms with Crippen molar-refractivity contribution < 1.29 is 14.8 Å². The van der Waals surface area contributed by atoms with Crippen LogP contribution in [0.3, 0.4) is 0 Å². The fourth-order valence-corrected chi connectivity index (χ4v) is 5.67. The average molecular weight is 388 g/mol. The molecule has 3 aromatic rings. The molecule has 124 valence electrons. The van der Waals surface area contributed by atoms with E-state index >= 15 is 0 Å². The molecule has 0 aliphatic heterocycles. The number of non-ortho nitro benzene ring substituents is 1. The molecule has 0 spiro atoms. The Kier molecular flexibility index (Phi) is 4.97. The van der Waals surface area contributed by atoms with Gasteiger partial charge in [-0.3, -0.25) is 0 Å². The van der Waals surface area contributed by atoms with E-state index in [2.05, 4.69) is 4.98 Å². The van der Waals surface area contributed by atoms with Gasteiger partial charge < -0.3 is 0 Å². The van der Waals surface area contributed by atoms with Gasteiger partial charge in [-0.1, -0.05) is 0 Å². The quantitative estimate of drug-likeness (QED) is 0.230. The van der Waals surface area contributed by atoms with Crippen LogP contribution in [-0.2, 0) is 0 Å². The van der Waals surface area contributed by atoms with Crippen molar-refractivity contribution in [2.24, 2.45) is 0 Å². The fourth-order valence-electron chi connectivity index (χ4n) is 2.71. The summed E-state index contributed by atoms with van der Waals surface area (Å²) in [5.41, 5.74) is 1.55. The van der Waals surface area contributed by atoms with E-state index in [1.807, 2.05) is 24.3 Å². The Morgan fingerprint density at radius 2 is 2.12 bits per heavy atom. The van der Waals surface area contributed by atoms with Crippen molar-refractivity contribution in [2.45, 2.75) is 11.6 Å². The van der Waals surface area contributed by atoms with Crippen LogP contribution in [0.15, 0.2) is 36.4 Å². The van der Waals surface area contributed by atoms with Crippen LogP contribution in [0, 0.1) is 10.1 Å². The third kappa shape index (κ3) is 3.07. The molecule has 0 aliphatic rings. The molecule has 0 saturated heterocycles. The minimum absolute atomic E-state index is 0.0902. The third-order valence-corrected chi connectivity index (χ3v) is 6.92. The molecule has 0 saturated carbocycles. The summed E-state index contributed by atoms with van der Waals surface area (Å²) in [6.45, 7) is 0.135. The molecule has 1 N–H and O–H groups in total. The number of nitro benzene ring substituents is 1. The molecule has 1 unspecified atom stereocenters. The third-order valence-electron chi connectivity index (χ3n) is 3.82. The van der Waals surface area contributed by atoms with Crippen LogP contribution < -0.4 is 9.09 Å². The zero-order valence-electron chi connectivity index (χ0n) is 13.2. The number of fused-ring (bicyclic) bond motifs is 2. The number of aromatic nitrogens is 1. The van der Waals surface area contributed by atoms with Crippen LogP contribution in [0.25, 0.3) is 21.8 Å². The van der Waals surface area contributed by atoms with E-state index in [0.29, 0.717) is 23.1 Å². The van der Waals surface area contributed by atoms with Crippen LogP contribution in [0.4, 0.5) is 5.69 Å². The van der Waals surface area contributed by atoms with Gasteiger partial charge in [0.15, 0.2) is 0 Å². The SMILES string of the molecule is COc1ccc2nc3cccc([N+](=O)[O-])c3c([AsH]CCCO)c2c1. The molecule has 2 aromatic carbocycles. The number of nitrogens with zero attached hydrogens (tertiary/aromatic N) is 2. The molecule has 7 heteroatoms. The summed E-state index contributed by atoms with van der Waals surface area (Å²) >= 11 is -0.660. The first-order valence-electron chi connectivity index (χ1n) is 7.55. The molecule has 1 aromatic heterocycles. The zero-order chi connectivity index (χ0) is 17.1. The second-order valence-corrected chi connectivity index (χ2v) is 8.14. The van der Waals surface area contributed by atoms with E-state index in [-0.39, 0.29) is 17.2 Å². The van der Waals surface area contributed by atoms with Gasteiger partial charge in [0, 0.05) is 0 Å². The number of nitro groups is 1. The van der Waals surface area contributed by atoms with Gasteiger partial charge in [-0.15, -0.1) is 0 Å². The number of hydrogen-bond acceptors (Lipinski definition) is 5. The molecule has 1 atom stereocenters. The van der Waals surface area contributed by atoms with Crippen molar-refractivity contribution in [3.05, 3.63) is 46.5 Å². The summed E-state index contributed by atoms with van der Waals surface area (Å²) < 4.78 is 6.31. The first kappa shape index (κ1) is 16.7. The Hall–Kier alpha value is -2.17. The second kappa shape index (κ2) is 7.16. The Labute approximate surface area is 145 Å². The Bertz CT molecular complexity index is 914. The van der Waals surface area contributed by atoms with Crippen LogP contribution in [0.1, 0.15) is 6.42 Å². The number of rotatable bonds is 6. The van der Waals surface area contributed by atoms with Crippen molar-refractivity contribution in [3.63, 3.8) is 0 Å². The van der Waals surface area contributed by atoms with Gasteiger partial charge in [-0.25, -0.2) is 0 Å². The summed E-state index contributed by atoms with van der Waals surface area (Å²) in [4.78, 5) is 15.7. The summed E-state index contributed by atoms with van der Waals surface area (Å²) in [7, 11) is 1.60. The molecular weight excluding hydrogens is 371 g/mol. The predicted molar refractivity (Wildman–Crippen MR) is 95.7 cm³/mol. The van der Waals surface area contributed by atoms with Crippen molar-refractivity contribution in [2.75, 3.05) is 13.7 Å². The molecule has 1 heterocycles. The topological polar surface area (TPSA) is 85.5 Å². The van der Waals surface area contributed by atoms with Gasteiger partial charge in [0.05, 0.1) is 0 Å². The van der Waals surface area contributed by atoms with Gasteiger partial charge in [-0.2, -0.15) is 0 Å². The van der Waals surface area contributed by atoms with E-state index < -0.39 is 15.8 Å². The Morgan fingerprint density at radius 1 is 1.29 bits per heavy atom. The summed E-state index contributed by atoms with van der Waals surface area (Å²) in [6, 6.07) is 10.6. The number of pyridine rings is 1. The van der Waals surface area contributed by atoms with Crippen LogP contribution >= 0.6 is 0 Å². The number of hydrogen-bond donors (Lipinski definition) is 1. The fraction of sp³-hybridized carbons (Fsp3) is 0.235. The second-order valence-electron chi connectivity index (χ2n) is 5.30. The van der Waals surface area contributed by atoms with Crippen molar-refractivity contribution in [1.82, 2.24) is 4.98 Å². The average Bonchev–Trinajstić information content (AvgIpc) is 2.60. The molecule has 24 heavy (non-hydrogen) atoms. The van der Waals surface area contributed by atoms with Gasteiger partial charge >= 0.3 is 145 Å². The zero-order valence-corrected chi connectivity index (χ0v) is 15.2. The van der Waals surface area contributed by atoms with E-state index in [1.165, 1.54) is 6.07 Å². The number of methoxy groups -OCH3 is 1. The maximum absolute atomic E-state index is 11.5. The minimum atomic E-state index is -0.660. The molecule has 0 bridgehead atoms. The van der Waals surface area contributed by atoms with E-state index in [9.17, 15) is 10.1 Å². The van der Waals surface area contributed by atoms with Crippen LogP contribution in [0.5, 0.6) is 5.75 Å². The predicted octanol–water partition coefficient (Wildman–Crippen LogP) is 2.17. The van der Waals surface area contributed by atoms with E-state index in [1.54, 1.807) is 13.2 Å². The van der Waals surface area contributed by atoms with Crippen molar-refractivity contribution >= 4 is 47.6 Å². The van der Waals surface area contributed by atoms with E-state index in [4.69, 9.17) is 9.84 Å². The standard InChI is InChI=1S/C17H17AsN2O4/c1-24-11-6-7-13-12(10-11)17(18-8-3-9-21)16-14(19-13)4-2-5-15(16)20(22)23/h2,4-7,10,18,21H,3,8-9H2,1H3. The molecule has 0 radical (unpaired) electrons. The maximum atomic E-state index is 11.5. The number of ether oxygens (including phenoxy) is 1. The van der Waals surface area contributed by atoms with E-state index in [0.717, 1.165) is 20.5 Å². The number of benzene rings is 2. The molecule has 0 amide bonds. The van der Waals surface area contributed by atoms with Crippen molar-refractivity contribution in [1.29, 1.82) is 0 Å². The monoisotopic (exact) mass is 388 g/mol. The molecular formula is C17H17AsN2O4. The van der Waals surface area contributed by atoms with Crippen molar-refractivity contribution in [3.8, 4) is 5.75 Å². The number of aliphatic hydroxyl groups excluding tert-OH is 1. The molecule has 3 rings (SSSR count). The van der Waals surface area contributed by atoms with Gasteiger partial charge in [0.2, 0.25) is 0 Å². The van der Waals surface area contributed by atoms with Crippen LogP contribution in [-0.4, -0.2) is 44.5 Å². The summed E-state index contributed by atoms with van der Waals surface area (Å²) in [5.74, 6) is 0.706. The Morgan fingerprint density at radius 3 is 2.83 bits per heavy atom. The summed E-state index contributed by atoms with van der Waals surface area (Å²) in [6.07, 6.45) is 0.704.